The van der Waals surface area contributed by atoms with Crippen molar-refractivity contribution in [2.24, 2.45) is 5.92 Å². The summed E-state index contributed by atoms with van der Waals surface area (Å²) in [6.45, 7) is 8.20. The van der Waals surface area contributed by atoms with Crippen LogP contribution in [-0.4, -0.2) is 58.5 Å². The lowest BCUT2D eigenvalue weighted by atomic mass is 10.2. The molecular weight excluding hydrogens is 228 g/mol. The molecule has 6 heteroatoms. The molecule has 1 aliphatic rings. The summed E-state index contributed by atoms with van der Waals surface area (Å²) >= 11 is 0. The second kappa shape index (κ2) is 5.95. The molecule has 1 unspecified atom stereocenters. The minimum atomic E-state index is -3.11. The van der Waals surface area contributed by atoms with E-state index in [1.807, 2.05) is 0 Å². The van der Waals surface area contributed by atoms with Crippen LogP contribution in [0.5, 0.6) is 0 Å². The van der Waals surface area contributed by atoms with Gasteiger partial charge in [0.05, 0.1) is 19.0 Å². The van der Waals surface area contributed by atoms with Crippen molar-refractivity contribution in [3.05, 3.63) is 0 Å². The standard InChI is InChI=1S/C10H22N2O3S/c1-9(2)7-12-4-5-15-10(8-12)6-11-16(3,13)14/h9-11H,4-8H2,1-3H3. The molecule has 0 amide bonds. The second-order valence-electron chi connectivity index (χ2n) is 4.77. The number of sulfonamides is 1. The van der Waals surface area contributed by atoms with Gasteiger partial charge in [-0.15, -0.1) is 0 Å². The zero-order valence-corrected chi connectivity index (χ0v) is 11.1. The smallest absolute Gasteiger partial charge is 0.208 e. The number of ether oxygens (including phenoxy) is 1. The first-order valence-electron chi connectivity index (χ1n) is 5.65. The number of nitrogens with one attached hydrogen (secondary N) is 1. The zero-order chi connectivity index (χ0) is 12.2. The second-order valence-corrected chi connectivity index (χ2v) is 6.60. The molecular formula is C10H22N2O3S. The van der Waals surface area contributed by atoms with E-state index >= 15 is 0 Å². The van der Waals surface area contributed by atoms with Crippen molar-refractivity contribution in [1.29, 1.82) is 0 Å². The summed E-state index contributed by atoms with van der Waals surface area (Å²) in [5.74, 6) is 0.626. The molecule has 1 heterocycles. The molecule has 0 spiro atoms. The van der Waals surface area contributed by atoms with Gasteiger partial charge >= 0.3 is 0 Å². The quantitative estimate of drug-likeness (QED) is 0.740. The van der Waals surface area contributed by atoms with Gasteiger partial charge in [0.2, 0.25) is 10.0 Å². The van der Waals surface area contributed by atoms with E-state index in [9.17, 15) is 8.42 Å². The molecule has 1 rings (SSSR count). The fourth-order valence-corrected chi connectivity index (χ4v) is 2.32. The molecule has 0 aliphatic carbocycles. The van der Waals surface area contributed by atoms with Gasteiger partial charge < -0.3 is 4.74 Å². The maximum Gasteiger partial charge on any atom is 0.208 e. The molecule has 16 heavy (non-hydrogen) atoms. The lowest BCUT2D eigenvalue weighted by Crippen LogP contribution is -2.48. The summed E-state index contributed by atoms with van der Waals surface area (Å²) in [7, 11) is -3.11. The van der Waals surface area contributed by atoms with Crippen LogP contribution in [0.25, 0.3) is 0 Å². The fourth-order valence-electron chi connectivity index (χ4n) is 1.83. The highest BCUT2D eigenvalue weighted by molar-refractivity contribution is 7.88. The summed E-state index contributed by atoms with van der Waals surface area (Å²) in [6.07, 6.45) is 1.14. The van der Waals surface area contributed by atoms with Gasteiger partial charge in [-0.1, -0.05) is 13.8 Å². The van der Waals surface area contributed by atoms with Gasteiger partial charge in [0.15, 0.2) is 0 Å². The normalized spacial score (nSPS) is 23.9. The third kappa shape index (κ3) is 5.79. The van der Waals surface area contributed by atoms with E-state index in [2.05, 4.69) is 23.5 Å². The van der Waals surface area contributed by atoms with E-state index in [4.69, 9.17) is 4.74 Å². The van der Waals surface area contributed by atoms with Crippen LogP contribution in [0.15, 0.2) is 0 Å². The molecule has 0 aromatic heterocycles. The van der Waals surface area contributed by atoms with Crippen molar-refractivity contribution in [3.8, 4) is 0 Å². The predicted octanol–water partition coefficient (Wildman–Crippen LogP) is -0.108. The maximum atomic E-state index is 11.0. The van der Waals surface area contributed by atoms with Crippen LogP contribution >= 0.6 is 0 Å². The zero-order valence-electron chi connectivity index (χ0n) is 10.3. The summed E-state index contributed by atoms with van der Waals surface area (Å²) < 4.78 is 29.9. The van der Waals surface area contributed by atoms with Gasteiger partial charge in [0.1, 0.15) is 0 Å². The highest BCUT2D eigenvalue weighted by Crippen LogP contribution is 2.07. The van der Waals surface area contributed by atoms with Gasteiger partial charge in [-0.05, 0) is 5.92 Å². The van der Waals surface area contributed by atoms with E-state index in [1.54, 1.807) is 0 Å². The first-order chi connectivity index (χ1) is 7.37. The van der Waals surface area contributed by atoms with Gasteiger partial charge in [0.25, 0.3) is 0 Å². The van der Waals surface area contributed by atoms with E-state index in [1.165, 1.54) is 6.26 Å². The van der Waals surface area contributed by atoms with Crippen LogP contribution in [0.3, 0.4) is 0 Å². The minimum Gasteiger partial charge on any atom is -0.374 e. The lowest BCUT2D eigenvalue weighted by molar-refractivity contribution is -0.0279. The molecule has 0 aromatic carbocycles. The van der Waals surface area contributed by atoms with E-state index in [0.29, 0.717) is 19.1 Å². The highest BCUT2D eigenvalue weighted by atomic mass is 32.2. The van der Waals surface area contributed by atoms with Gasteiger partial charge in [0, 0.05) is 26.2 Å². The van der Waals surface area contributed by atoms with Crippen molar-refractivity contribution >= 4 is 10.0 Å². The Bertz CT molecular complexity index is 303. The molecule has 1 fully saturated rings. The summed E-state index contributed by atoms with van der Waals surface area (Å²) in [5.41, 5.74) is 0. The molecule has 96 valence electrons. The molecule has 1 aliphatic heterocycles. The molecule has 5 nitrogen and oxygen atoms in total. The van der Waals surface area contributed by atoms with Crippen LogP contribution in [0, 0.1) is 5.92 Å². The molecule has 0 bridgehead atoms. The predicted molar refractivity (Wildman–Crippen MR) is 63.9 cm³/mol. The monoisotopic (exact) mass is 250 g/mol. The molecule has 0 radical (unpaired) electrons. The average molecular weight is 250 g/mol. The van der Waals surface area contributed by atoms with Crippen molar-refractivity contribution in [2.75, 3.05) is 39.0 Å². The Morgan fingerprint density at radius 1 is 1.50 bits per heavy atom. The third-order valence-corrected chi connectivity index (χ3v) is 3.11. The third-order valence-electron chi connectivity index (χ3n) is 2.42. The Kier molecular flexibility index (Phi) is 5.17. The van der Waals surface area contributed by atoms with Gasteiger partial charge in [-0.25, -0.2) is 13.1 Å². The van der Waals surface area contributed by atoms with Crippen LogP contribution in [0.2, 0.25) is 0 Å². The summed E-state index contributed by atoms with van der Waals surface area (Å²) in [4.78, 5) is 2.32. The van der Waals surface area contributed by atoms with Crippen molar-refractivity contribution in [2.45, 2.75) is 20.0 Å². The van der Waals surface area contributed by atoms with Crippen LogP contribution in [0.1, 0.15) is 13.8 Å². The Labute approximate surface area is 98.2 Å². The maximum absolute atomic E-state index is 11.0. The first-order valence-corrected chi connectivity index (χ1v) is 7.54. The van der Waals surface area contributed by atoms with Crippen molar-refractivity contribution in [1.82, 2.24) is 9.62 Å². The molecule has 1 saturated heterocycles. The number of nitrogens with zero attached hydrogens (tertiary/aromatic N) is 1. The fraction of sp³-hybridized carbons (Fsp3) is 1.00. The molecule has 0 aromatic rings. The van der Waals surface area contributed by atoms with Crippen LogP contribution < -0.4 is 4.72 Å². The minimum absolute atomic E-state index is 0.0257. The summed E-state index contributed by atoms with van der Waals surface area (Å²) in [6, 6.07) is 0. The van der Waals surface area contributed by atoms with Crippen molar-refractivity contribution in [3.63, 3.8) is 0 Å². The first kappa shape index (κ1) is 13.9. The topological polar surface area (TPSA) is 58.6 Å². The number of hydrogen-bond donors (Lipinski definition) is 1. The van der Waals surface area contributed by atoms with Gasteiger partial charge in [-0.3, -0.25) is 4.90 Å². The number of hydrogen-bond acceptors (Lipinski definition) is 4. The Hall–Kier alpha value is -0.170. The Morgan fingerprint density at radius 2 is 2.19 bits per heavy atom. The molecule has 1 N–H and O–H groups in total. The summed E-state index contributed by atoms with van der Waals surface area (Å²) in [5, 5.41) is 0. The van der Waals surface area contributed by atoms with E-state index < -0.39 is 10.0 Å². The van der Waals surface area contributed by atoms with Crippen LogP contribution in [-0.2, 0) is 14.8 Å². The van der Waals surface area contributed by atoms with Crippen LogP contribution in [0.4, 0.5) is 0 Å². The number of morpholine rings is 1. The van der Waals surface area contributed by atoms with E-state index in [-0.39, 0.29) is 6.10 Å². The highest BCUT2D eigenvalue weighted by Gasteiger charge is 2.21. The largest absolute Gasteiger partial charge is 0.374 e. The average Bonchev–Trinajstić information content (AvgIpc) is 2.13. The van der Waals surface area contributed by atoms with E-state index in [0.717, 1.165) is 19.6 Å². The SMILES string of the molecule is CC(C)CN1CCOC(CNS(C)(=O)=O)C1. The Morgan fingerprint density at radius 3 is 2.75 bits per heavy atom. The number of rotatable bonds is 5. The molecule has 0 saturated carbocycles. The lowest BCUT2D eigenvalue weighted by Gasteiger charge is -2.33. The van der Waals surface area contributed by atoms with Gasteiger partial charge in [-0.2, -0.15) is 0 Å². The Balaban J connectivity index is 2.33. The molecule has 1 atom stereocenters. The van der Waals surface area contributed by atoms with Crippen molar-refractivity contribution < 1.29 is 13.2 Å².